The van der Waals surface area contributed by atoms with E-state index in [0.29, 0.717) is 43.5 Å². The number of carbonyl (C=O) groups excluding carboxylic acids is 1. The Labute approximate surface area is 192 Å². The summed E-state index contributed by atoms with van der Waals surface area (Å²) in [6.45, 7) is 0. The number of para-hydroxylation sites is 1. The zero-order valence-corrected chi connectivity index (χ0v) is 18.1. The SMILES string of the molecule is COc1cc([N+](=O)[O-])ccc1NC(=O)c1cc(-c2ccc(Cl)c(Cl)c2)nc2ccccc12. The number of nitrogens with zero attached hydrogens (tertiary/aromatic N) is 2. The van der Waals surface area contributed by atoms with Gasteiger partial charge in [-0.25, -0.2) is 4.98 Å². The monoisotopic (exact) mass is 467 g/mol. The first kappa shape index (κ1) is 21.5. The van der Waals surface area contributed by atoms with Gasteiger partial charge in [0.2, 0.25) is 0 Å². The van der Waals surface area contributed by atoms with E-state index in [2.05, 4.69) is 10.3 Å². The van der Waals surface area contributed by atoms with E-state index in [4.69, 9.17) is 27.9 Å². The summed E-state index contributed by atoms with van der Waals surface area (Å²) >= 11 is 12.2. The Morgan fingerprint density at radius 1 is 1.03 bits per heavy atom. The van der Waals surface area contributed by atoms with E-state index in [1.54, 1.807) is 36.4 Å². The number of amides is 1. The summed E-state index contributed by atoms with van der Waals surface area (Å²) in [7, 11) is 1.37. The first-order chi connectivity index (χ1) is 15.4. The fraction of sp³-hybridized carbons (Fsp3) is 0.0435. The van der Waals surface area contributed by atoms with Crippen LogP contribution in [0, 0.1) is 10.1 Å². The summed E-state index contributed by atoms with van der Waals surface area (Å²) < 4.78 is 5.22. The average Bonchev–Trinajstić information content (AvgIpc) is 2.80. The number of halogens is 2. The number of hydrogen-bond acceptors (Lipinski definition) is 5. The number of carbonyl (C=O) groups is 1. The number of aromatic nitrogens is 1. The maximum Gasteiger partial charge on any atom is 0.273 e. The molecule has 0 spiro atoms. The number of anilines is 1. The number of ether oxygens (including phenoxy) is 1. The molecule has 1 amide bonds. The van der Waals surface area contributed by atoms with Crippen molar-refractivity contribution < 1.29 is 14.5 Å². The fourth-order valence-corrected chi connectivity index (χ4v) is 3.55. The van der Waals surface area contributed by atoms with Gasteiger partial charge in [-0.3, -0.25) is 14.9 Å². The summed E-state index contributed by atoms with van der Waals surface area (Å²) in [6.07, 6.45) is 0. The van der Waals surface area contributed by atoms with Crippen molar-refractivity contribution in [3.05, 3.63) is 92.5 Å². The van der Waals surface area contributed by atoms with Crippen molar-refractivity contribution in [1.29, 1.82) is 0 Å². The molecule has 0 saturated carbocycles. The number of hydrogen-bond donors (Lipinski definition) is 1. The van der Waals surface area contributed by atoms with Gasteiger partial charge < -0.3 is 10.1 Å². The van der Waals surface area contributed by atoms with Crippen molar-refractivity contribution in [2.24, 2.45) is 0 Å². The minimum absolute atomic E-state index is 0.142. The zero-order chi connectivity index (χ0) is 22.8. The molecule has 0 aliphatic heterocycles. The first-order valence-corrected chi connectivity index (χ1v) is 10.1. The number of nitro benzene ring substituents is 1. The van der Waals surface area contributed by atoms with Gasteiger partial charge in [-0.2, -0.15) is 0 Å². The Morgan fingerprint density at radius 2 is 1.81 bits per heavy atom. The van der Waals surface area contributed by atoms with E-state index < -0.39 is 10.8 Å². The summed E-state index contributed by atoms with van der Waals surface area (Å²) in [5.74, 6) is -0.243. The predicted molar refractivity (Wildman–Crippen MR) is 125 cm³/mol. The molecule has 4 aromatic rings. The molecule has 0 aliphatic carbocycles. The van der Waals surface area contributed by atoms with Crippen molar-refractivity contribution >= 4 is 51.4 Å². The maximum atomic E-state index is 13.2. The predicted octanol–water partition coefficient (Wildman–Crippen LogP) is 6.38. The van der Waals surface area contributed by atoms with Crippen LogP contribution in [0.2, 0.25) is 10.0 Å². The van der Waals surface area contributed by atoms with Gasteiger partial charge in [0.25, 0.3) is 11.6 Å². The number of fused-ring (bicyclic) bond motifs is 1. The molecule has 9 heteroatoms. The Hall–Kier alpha value is -3.68. The van der Waals surface area contributed by atoms with Gasteiger partial charge in [-0.15, -0.1) is 0 Å². The van der Waals surface area contributed by atoms with Gasteiger partial charge in [0.15, 0.2) is 0 Å². The van der Waals surface area contributed by atoms with E-state index in [1.807, 2.05) is 12.1 Å². The molecule has 1 heterocycles. The van der Waals surface area contributed by atoms with Crippen LogP contribution in [0.25, 0.3) is 22.2 Å². The smallest absolute Gasteiger partial charge is 0.273 e. The maximum absolute atomic E-state index is 13.2. The van der Waals surface area contributed by atoms with Crippen LogP contribution in [0.15, 0.2) is 66.7 Å². The van der Waals surface area contributed by atoms with Crippen LogP contribution in [0.1, 0.15) is 10.4 Å². The highest BCUT2D eigenvalue weighted by atomic mass is 35.5. The molecule has 0 radical (unpaired) electrons. The van der Waals surface area contributed by atoms with Gasteiger partial charge in [0.05, 0.1) is 50.6 Å². The Kier molecular flexibility index (Phi) is 5.94. The number of nitro groups is 1. The van der Waals surface area contributed by atoms with Gasteiger partial charge in [0.1, 0.15) is 5.75 Å². The molecular weight excluding hydrogens is 453 g/mol. The highest BCUT2D eigenvalue weighted by Gasteiger charge is 2.18. The van der Waals surface area contributed by atoms with Crippen molar-refractivity contribution in [2.75, 3.05) is 12.4 Å². The number of rotatable bonds is 5. The summed E-state index contributed by atoms with van der Waals surface area (Å²) in [6, 6.07) is 18.0. The Bertz CT molecular complexity index is 1370. The van der Waals surface area contributed by atoms with Gasteiger partial charge in [-0.05, 0) is 30.3 Å². The van der Waals surface area contributed by atoms with Crippen molar-refractivity contribution in [3.63, 3.8) is 0 Å². The first-order valence-electron chi connectivity index (χ1n) is 9.36. The number of non-ortho nitro benzene ring substituents is 1. The molecule has 7 nitrogen and oxygen atoms in total. The lowest BCUT2D eigenvalue weighted by Gasteiger charge is -2.13. The molecule has 1 N–H and O–H groups in total. The lowest BCUT2D eigenvalue weighted by atomic mass is 10.0. The molecule has 160 valence electrons. The zero-order valence-electron chi connectivity index (χ0n) is 16.6. The molecule has 0 unspecified atom stereocenters. The van der Waals surface area contributed by atoms with Crippen LogP contribution < -0.4 is 10.1 Å². The second-order valence-corrected chi connectivity index (χ2v) is 7.61. The van der Waals surface area contributed by atoms with Crippen LogP contribution >= 0.6 is 23.2 Å². The van der Waals surface area contributed by atoms with Crippen molar-refractivity contribution in [2.45, 2.75) is 0 Å². The van der Waals surface area contributed by atoms with E-state index in [0.717, 1.165) is 0 Å². The highest BCUT2D eigenvalue weighted by Crippen LogP contribution is 2.32. The van der Waals surface area contributed by atoms with Crippen LogP contribution in [0.3, 0.4) is 0 Å². The number of benzene rings is 3. The largest absolute Gasteiger partial charge is 0.494 e. The number of nitrogens with one attached hydrogen (secondary N) is 1. The molecule has 0 aliphatic rings. The molecular formula is C23H15Cl2N3O4. The molecule has 0 atom stereocenters. The molecule has 1 aromatic heterocycles. The molecule has 32 heavy (non-hydrogen) atoms. The molecule has 4 rings (SSSR count). The number of pyridine rings is 1. The molecule has 0 fully saturated rings. The molecule has 0 bridgehead atoms. The summed E-state index contributed by atoms with van der Waals surface area (Å²) in [5, 5.41) is 15.2. The second kappa shape index (κ2) is 8.82. The Morgan fingerprint density at radius 3 is 2.53 bits per heavy atom. The van der Waals surface area contributed by atoms with E-state index in [9.17, 15) is 14.9 Å². The Balaban J connectivity index is 1.79. The van der Waals surface area contributed by atoms with Crippen molar-refractivity contribution in [1.82, 2.24) is 4.98 Å². The fourth-order valence-electron chi connectivity index (χ4n) is 3.25. The number of methoxy groups -OCH3 is 1. The third-order valence-corrected chi connectivity index (χ3v) is 5.56. The summed E-state index contributed by atoms with van der Waals surface area (Å²) in [4.78, 5) is 28.4. The average molecular weight is 468 g/mol. The van der Waals surface area contributed by atoms with Crippen molar-refractivity contribution in [3.8, 4) is 17.0 Å². The van der Waals surface area contributed by atoms with Crippen LogP contribution in [-0.2, 0) is 0 Å². The quantitative estimate of drug-likeness (QED) is 0.271. The summed E-state index contributed by atoms with van der Waals surface area (Å²) in [5.41, 5.74) is 2.40. The van der Waals surface area contributed by atoms with E-state index in [1.165, 1.54) is 25.3 Å². The van der Waals surface area contributed by atoms with E-state index in [-0.39, 0.29) is 11.4 Å². The molecule has 0 saturated heterocycles. The normalized spacial score (nSPS) is 10.7. The van der Waals surface area contributed by atoms with Crippen LogP contribution in [0.4, 0.5) is 11.4 Å². The highest BCUT2D eigenvalue weighted by molar-refractivity contribution is 6.42. The lowest BCUT2D eigenvalue weighted by Crippen LogP contribution is -2.14. The standard InChI is InChI=1S/C23H15Cl2N3O4/c1-32-22-11-14(28(30)31)7-9-20(22)27-23(29)16-12-21(13-6-8-17(24)18(25)10-13)26-19-5-3-2-4-15(16)19/h2-12H,1H3,(H,27,29). The third-order valence-electron chi connectivity index (χ3n) is 4.82. The van der Waals surface area contributed by atoms with Gasteiger partial charge in [-0.1, -0.05) is 47.5 Å². The van der Waals surface area contributed by atoms with Gasteiger partial charge >= 0.3 is 0 Å². The van der Waals surface area contributed by atoms with Crippen LogP contribution in [0.5, 0.6) is 5.75 Å². The van der Waals surface area contributed by atoms with Crippen LogP contribution in [-0.4, -0.2) is 22.9 Å². The minimum Gasteiger partial charge on any atom is -0.494 e. The minimum atomic E-state index is -0.534. The topological polar surface area (TPSA) is 94.4 Å². The third kappa shape index (κ3) is 4.21. The van der Waals surface area contributed by atoms with E-state index >= 15 is 0 Å². The lowest BCUT2D eigenvalue weighted by molar-refractivity contribution is -0.384. The second-order valence-electron chi connectivity index (χ2n) is 6.80. The molecule has 3 aromatic carbocycles. The van der Waals surface area contributed by atoms with Gasteiger partial charge in [0, 0.05) is 17.0 Å².